The molecule has 0 aliphatic carbocycles. The second-order valence-electron chi connectivity index (χ2n) is 8.64. The van der Waals surface area contributed by atoms with Gasteiger partial charge in [-0.2, -0.15) is 0 Å². The molecule has 0 saturated heterocycles. The van der Waals surface area contributed by atoms with Gasteiger partial charge in [0.15, 0.2) is 0 Å². The summed E-state index contributed by atoms with van der Waals surface area (Å²) in [5, 5.41) is 9.99. The van der Waals surface area contributed by atoms with Gasteiger partial charge < -0.3 is 19.6 Å². The van der Waals surface area contributed by atoms with Crippen LogP contribution in [0.5, 0.6) is 5.75 Å². The lowest BCUT2D eigenvalue weighted by Crippen LogP contribution is -2.39. The number of carboxylic acid groups (broad SMARTS) is 1. The SMILES string of the molecule is CCCc1nc(N2CCc3ccccc3C2)ncc1C(=O)N(CCOc1ccc(Cl)cc1)CC(=O)O. The number of carboxylic acids is 1. The van der Waals surface area contributed by atoms with Crippen LogP contribution in [0.2, 0.25) is 5.02 Å². The molecule has 1 amide bonds. The highest BCUT2D eigenvalue weighted by atomic mass is 35.5. The summed E-state index contributed by atoms with van der Waals surface area (Å²) in [4.78, 5) is 37.6. The van der Waals surface area contributed by atoms with Crippen LogP contribution in [0.3, 0.4) is 0 Å². The highest BCUT2D eigenvalue weighted by Crippen LogP contribution is 2.23. The zero-order chi connectivity index (χ0) is 25.5. The topological polar surface area (TPSA) is 95.9 Å². The number of hydrogen-bond donors (Lipinski definition) is 1. The van der Waals surface area contributed by atoms with Gasteiger partial charge in [-0.25, -0.2) is 9.97 Å². The molecule has 9 heteroatoms. The molecule has 36 heavy (non-hydrogen) atoms. The molecule has 3 aromatic rings. The van der Waals surface area contributed by atoms with Gasteiger partial charge in [0, 0.05) is 24.3 Å². The van der Waals surface area contributed by atoms with E-state index in [2.05, 4.69) is 22.0 Å². The minimum atomic E-state index is -1.10. The van der Waals surface area contributed by atoms with Crippen LogP contribution in [0.25, 0.3) is 0 Å². The molecule has 4 rings (SSSR count). The number of nitrogens with zero attached hydrogens (tertiary/aromatic N) is 4. The maximum Gasteiger partial charge on any atom is 0.323 e. The lowest BCUT2D eigenvalue weighted by Gasteiger charge is -2.29. The van der Waals surface area contributed by atoms with E-state index in [0.29, 0.717) is 40.9 Å². The smallest absolute Gasteiger partial charge is 0.323 e. The highest BCUT2D eigenvalue weighted by molar-refractivity contribution is 6.30. The third kappa shape index (κ3) is 6.31. The molecule has 188 valence electrons. The number of carbonyl (C=O) groups excluding carboxylic acids is 1. The molecule has 1 aliphatic rings. The van der Waals surface area contributed by atoms with Gasteiger partial charge in [0.25, 0.3) is 5.91 Å². The van der Waals surface area contributed by atoms with Crippen LogP contribution in [0.1, 0.15) is 40.5 Å². The first-order valence-corrected chi connectivity index (χ1v) is 12.4. The molecule has 2 aromatic carbocycles. The third-order valence-corrected chi connectivity index (χ3v) is 6.29. The molecule has 1 aliphatic heterocycles. The zero-order valence-corrected chi connectivity index (χ0v) is 20.9. The average Bonchev–Trinajstić information content (AvgIpc) is 2.88. The summed E-state index contributed by atoms with van der Waals surface area (Å²) in [7, 11) is 0. The summed E-state index contributed by atoms with van der Waals surface area (Å²) < 4.78 is 5.68. The summed E-state index contributed by atoms with van der Waals surface area (Å²) >= 11 is 5.90. The van der Waals surface area contributed by atoms with Gasteiger partial charge in [-0.1, -0.05) is 49.2 Å². The monoisotopic (exact) mass is 508 g/mol. The molecule has 1 N–H and O–H groups in total. The summed E-state index contributed by atoms with van der Waals surface area (Å²) in [5.41, 5.74) is 3.53. The van der Waals surface area contributed by atoms with Crippen molar-refractivity contribution < 1.29 is 19.4 Å². The Bertz CT molecular complexity index is 1220. The van der Waals surface area contributed by atoms with Crippen molar-refractivity contribution in [1.82, 2.24) is 14.9 Å². The number of ether oxygens (including phenoxy) is 1. The number of benzene rings is 2. The van der Waals surface area contributed by atoms with Gasteiger partial charge in [-0.15, -0.1) is 0 Å². The van der Waals surface area contributed by atoms with Crippen molar-refractivity contribution >= 4 is 29.4 Å². The predicted octanol–water partition coefficient (Wildman–Crippen LogP) is 4.25. The minimum absolute atomic E-state index is 0.101. The fraction of sp³-hybridized carbons (Fsp3) is 0.333. The van der Waals surface area contributed by atoms with Gasteiger partial charge in [-0.05, 0) is 48.2 Å². The van der Waals surface area contributed by atoms with Gasteiger partial charge in [-0.3, -0.25) is 9.59 Å². The summed E-state index contributed by atoms with van der Waals surface area (Å²) in [6.45, 7) is 3.31. The third-order valence-electron chi connectivity index (χ3n) is 6.04. The average molecular weight is 509 g/mol. The van der Waals surface area contributed by atoms with Crippen LogP contribution in [-0.2, 0) is 24.2 Å². The van der Waals surface area contributed by atoms with E-state index in [4.69, 9.17) is 21.3 Å². The van der Waals surface area contributed by atoms with Crippen molar-refractivity contribution in [2.24, 2.45) is 0 Å². The van der Waals surface area contributed by atoms with E-state index in [9.17, 15) is 14.7 Å². The number of hydrogen-bond acceptors (Lipinski definition) is 6. The maximum absolute atomic E-state index is 13.4. The summed E-state index contributed by atoms with van der Waals surface area (Å²) in [6, 6.07) is 15.2. The van der Waals surface area contributed by atoms with E-state index in [1.165, 1.54) is 22.2 Å². The first-order valence-electron chi connectivity index (χ1n) is 12.0. The van der Waals surface area contributed by atoms with Crippen LogP contribution < -0.4 is 9.64 Å². The van der Waals surface area contributed by atoms with Gasteiger partial charge in [0.1, 0.15) is 18.9 Å². The van der Waals surface area contributed by atoms with Crippen LogP contribution in [-0.4, -0.2) is 58.1 Å². The van der Waals surface area contributed by atoms with E-state index in [1.54, 1.807) is 24.3 Å². The molecule has 1 aromatic heterocycles. The standard InChI is InChI=1S/C27H29ClN4O4/c1-2-5-24-23(16-29-27(30-24)32-13-12-19-6-3-4-7-20(19)17-32)26(35)31(18-25(33)34)14-15-36-22-10-8-21(28)9-11-22/h3-4,6-11,16H,2,5,12-15,17-18H2,1H3,(H,33,34). The van der Waals surface area contributed by atoms with Crippen LogP contribution in [0.4, 0.5) is 5.95 Å². The first-order chi connectivity index (χ1) is 17.4. The largest absolute Gasteiger partial charge is 0.492 e. The van der Waals surface area contributed by atoms with E-state index < -0.39 is 18.4 Å². The molecule has 0 unspecified atom stereocenters. The number of anilines is 1. The van der Waals surface area contributed by atoms with Crippen LogP contribution in [0, 0.1) is 0 Å². The van der Waals surface area contributed by atoms with Crippen molar-refractivity contribution in [3.8, 4) is 5.75 Å². The number of fused-ring (bicyclic) bond motifs is 1. The second kappa shape index (κ2) is 11.9. The molecular weight excluding hydrogens is 480 g/mol. The molecule has 2 heterocycles. The number of aryl methyl sites for hydroxylation is 1. The Morgan fingerprint density at radius 1 is 1.14 bits per heavy atom. The molecule has 0 atom stereocenters. The van der Waals surface area contributed by atoms with Crippen molar-refractivity contribution in [2.45, 2.75) is 32.7 Å². The summed E-state index contributed by atoms with van der Waals surface area (Å²) in [5.74, 6) is -0.350. The Labute approximate surface area is 215 Å². The molecule has 0 saturated carbocycles. The first kappa shape index (κ1) is 25.4. The molecule has 0 fully saturated rings. The second-order valence-corrected chi connectivity index (χ2v) is 9.08. The van der Waals surface area contributed by atoms with Crippen molar-refractivity contribution in [3.63, 3.8) is 0 Å². The molecule has 0 radical (unpaired) electrons. The molecule has 0 bridgehead atoms. The number of aliphatic carboxylic acids is 1. The minimum Gasteiger partial charge on any atom is -0.492 e. The maximum atomic E-state index is 13.4. The predicted molar refractivity (Wildman–Crippen MR) is 138 cm³/mol. The fourth-order valence-corrected chi connectivity index (χ4v) is 4.35. The Morgan fingerprint density at radius 3 is 2.61 bits per heavy atom. The number of rotatable bonds is 10. The fourth-order valence-electron chi connectivity index (χ4n) is 4.22. The van der Waals surface area contributed by atoms with Crippen LogP contribution in [0.15, 0.2) is 54.7 Å². The number of halogens is 1. The zero-order valence-electron chi connectivity index (χ0n) is 20.2. The van der Waals surface area contributed by atoms with E-state index in [-0.39, 0.29) is 13.2 Å². The lowest BCUT2D eigenvalue weighted by atomic mass is 10.0. The summed E-state index contributed by atoms with van der Waals surface area (Å²) in [6.07, 6.45) is 3.82. The van der Waals surface area contributed by atoms with Crippen LogP contribution >= 0.6 is 11.6 Å². The normalized spacial score (nSPS) is 12.7. The van der Waals surface area contributed by atoms with Gasteiger partial charge in [0.2, 0.25) is 5.95 Å². The quantitative estimate of drug-likeness (QED) is 0.437. The molecule has 8 nitrogen and oxygen atoms in total. The number of carbonyl (C=O) groups is 2. The van der Waals surface area contributed by atoms with E-state index in [0.717, 1.165) is 19.4 Å². The van der Waals surface area contributed by atoms with Crippen molar-refractivity contribution in [2.75, 3.05) is 31.1 Å². The van der Waals surface area contributed by atoms with E-state index in [1.807, 2.05) is 19.1 Å². The van der Waals surface area contributed by atoms with Crippen molar-refractivity contribution in [3.05, 3.63) is 82.1 Å². The van der Waals surface area contributed by atoms with Gasteiger partial charge >= 0.3 is 5.97 Å². The van der Waals surface area contributed by atoms with E-state index >= 15 is 0 Å². The Kier molecular flexibility index (Phi) is 8.38. The van der Waals surface area contributed by atoms with Crippen molar-refractivity contribution in [1.29, 1.82) is 0 Å². The van der Waals surface area contributed by atoms with Gasteiger partial charge in [0.05, 0.1) is 17.8 Å². The molecule has 0 spiro atoms. The molecular formula is C27H29ClN4O4. The Morgan fingerprint density at radius 2 is 1.89 bits per heavy atom. The number of amides is 1. The number of aromatic nitrogens is 2. The lowest BCUT2D eigenvalue weighted by molar-refractivity contribution is -0.137. The highest BCUT2D eigenvalue weighted by Gasteiger charge is 2.25. The Hall–Kier alpha value is -3.65. The Balaban J connectivity index is 1.50.